The Morgan fingerprint density at radius 2 is 2.08 bits per heavy atom. The van der Waals surface area contributed by atoms with Crippen molar-refractivity contribution in [2.75, 3.05) is 17.2 Å². The molecule has 0 saturated carbocycles. The number of carbonyl (C=O) groups excluding carboxylic acids is 1. The van der Waals surface area contributed by atoms with E-state index in [1.165, 1.54) is 35.3 Å². The molecule has 2 amide bonds. The highest BCUT2D eigenvalue weighted by Crippen LogP contribution is 2.23. The average Bonchev–Trinajstić information content (AvgIpc) is 3.30. The molecule has 36 heavy (non-hydrogen) atoms. The summed E-state index contributed by atoms with van der Waals surface area (Å²) in [6.45, 7) is 5.15. The van der Waals surface area contributed by atoms with Gasteiger partial charge in [-0.15, -0.1) is 0 Å². The lowest BCUT2D eigenvalue weighted by molar-refractivity contribution is 0.225. The van der Waals surface area contributed by atoms with Crippen molar-refractivity contribution in [2.45, 2.75) is 19.4 Å². The van der Waals surface area contributed by atoms with Crippen LogP contribution in [-0.4, -0.2) is 39.3 Å². The predicted molar refractivity (Wildman–Crippen MR) is 141 cm³/mol. The first kappa shape index (κ1) is 26.9. The number of rotatable bonds is 7. The number of aliphatic hydroxyl groups excluding tert-OH is 1. The number of urea groups is 1. The molecule has 1 atom stereocenters. The van der Waals surface area contributed by atoms with Crippen LogP contribution in [0.25, 0.3) is 0 Å². The van der Waals surface area contributed by atoms with Crippen molar-refractivity contribution in [3.05, 3.63) is 89.1 Å². The molecule has 4 N–H and O–H groups in total. The second kappa shape index (κ2) is 12.8. The van der Waals surface area contributed by atoms with E-state index < -0.39 is 17.9 Å². The molecule has 0 fully saturated rings. The van der Waals surface area contributed by atoms with Crippen LogP contribution in [0.2, 0.25) is 10.0 Å². The number of benzene rings is 2. The number of anilines is 2. The smallest absolute Gasteiger partial charge is 0.319 e. The summed E-state index contributed by atoms with van der Waals surface area (Å²) in [5.41, 5.74) is 1.47. The molecule has 0 aliphatic carbocycles. The largest absolute Gasteiger partial charge is 0.394 e. The topological polar surface area (TPSA) is 116 Å². The summed E-state index contributed by atoms with van der Waals surface area (Å²) in [6.07, 6.45) is 4.79. The van der Waals surface area contributed by atoms with Gasteiger partial charge < -0.3 is 21.1 Å². The molecule has 0 spiro atoms. The Balaban J connectivity index is 1.72. The highest BCUT2D eigenvalue weighted by Gasteiger charge is 2.15. The number of halogens is 3. The third-order valence-corrected chi connectivity index (χ3v) is 5.33. The van der Waals surface area contributed by atoms with Gasteiger partial charge >= 0.3 is 6.03 Å². The fourth-order valence-corrected chi connectivity index (χ4v) is 3.53. The van der Waals surface area contributed by atoms with Crippen LogP contribution in [0.1, 0.15) is 24.9 Å². The monoisotopic (exact) mass is 531 g/mol. The summed E-state index contributed by atoms with van der Waals surface area (Å²) in [6, 6.07) is 9.57. The van der Waals surface area contributed by atoms with E-state index in [0.29, 0.717) is 34.2 Å². The van der Waals surface area contributed by atoms with Gasteiger partial charge in [-0.2, -0.15) is 10.1 Å². The van der Waals surface area contributed by atoms with E-state index in [4.69, 9.17) is 23.2 Å². The van der Waals surface area contributed by atoms with Crippen LogP contribution in [0.5, 0.6) is 0 Å². The number of hydrogen-bond donors (Lipinski definition) is 4. The summed E-state index contributed by atoms with van der Waals surface area (Å²) in [4.78, 5) is 21.1. The van der Waals surface area contributed by atoms with Crippen LogP contribution in [0, 0.1) is 5.82 Å². The van der Waals surface area contributed by atoms with Gasteiger partial charge in [0.2, 0.25) is 5.96 Å². The number of carbonyl (C=O) groups is 1. The molecule has 188 valence electrons. The summed E-state index contributed by atoms with van der Waals surface area (Å²) < 4.78 is 14.8. The number of nitrogens with zero attached hydrogens (tertiary/aromatic N) is 4. The lowest BCUT2D eigenvalue weighted by Gasteiger charge is -2.17. The average molecular weight is 532 g/mol. The third kappa shape index (κ3) is 7.38. The van der Waals surface area contributed by atoms with Gasteiger partial charge in [-0.25, -0.2) is 18.9 Å². The molecule has 0 saturated heterocycles. The van der Waals surface area contributed by atoms with E-state index >= 15 is 0 Å². The van der Waals surface area contributed by atoms with Gasteiger partial charge in [0.1, 0.15) is 11.7 Å². The number of aliphatic hydroxyl groups is 1. The van der Waals surface area contributed by atoms with E-state index in [2.05, 4.69) is 37.6 Å². The summed E-state index contributed by atoms with van der Waals surface area (Å²) in [5, 5.41) is 22.9. The minimum Gasteiger partial charge on any atom is -0.394 e. The van der Waals surface area contributed by atoms with Crippen molar-refractivity contribution in [2.24, 2.45) is 9.98 Å². The van der Waals surface area contributed by atoms with Crippen LogP contribution in [0.15, 0.2) is 77.6 Å². The Labute approximate surface area is 217 Å². The van der Waals surface area contributed by atoms with Gasteiger partial charge in [0.25, 0.3) is 0 Å². The van der Waals surface area contributed by atoms with Crippen LogP contribution in [-0.2, 0) is 0 Å². The second-order valence-electron chi connectivity index (χ2n) is 7.33. The Hall–Kier alpha value is -3.73. The standard InChI is InChI=1S/C24H24Cl2FN7O2/c1-3-22(33-23(28-4-2)31-20-9-8-17(27)11-19(20)26)34-13-18(12-29-34)30-24(36)32-21(14-35)15-6-5-7-16(25)10-15/h4-13,21,35H,2-3,14H2,1H3,(H,28,31)(H2,30,32,36)/t21-/m0/s1. The maximum atomic E-state index is 13.4. The molecule has 0 bridgehead atoms. The van der Waals surface area contributed by atoms with E-state index in [9.17, 15) is 14.3 Å². The fourth-order valence-electron chi connectivity index (χ4n) is 3.11. The highest BCUT2D eigenvalue weighted by atomic mass is 35.5. The van der Waals surface area contributed by atoms with E-state index in [1.807, 2.05) is 6.92 Å². The minimum atomic E-state index is -0.645. The number of hydrogen-bond acceptors (Lipinski definition) is 4. The zero-order chi connectivity index (χ0) is 26.1. The van der Waals surface area contributed by atoms with E-state index in [0.717, 1.165) is 0 Å². The number of amides is 2. The SMILES string of the molecule is C=CN=C(N=C(CC)n1cc(NC(=O)N[C@@H](CO)c2cccc(Cl)c2)cn1)Nc1ccc(F)cc1Cl. The van der Waals surface area contributed by atoms with Crippen LogP contribution < -0.4 is 16.0 Å². The van der Waals surface area contributed by atoms with E-state index in [-0.39, 0.29) is 17.6 Å². The normalized spacial score (nSPS) is 12.7. The van der Waals surface area contributed by atoms with E-state index in [1.54, 1.807) is 30.5 Å². The zero-order valence-electron chi connectivity index (χ0n) is 19.3. The summed E-state index contributed by atoms with van der Waals surface area (Å²) >= 11 is 12.1. The van der Waals surface area contributed by atoms with Crippen molar-refractivity contribution < 1.29 is 14.3 Å². The van der Waals surface area contributed by atoms with Gasteiger partial charge in [-0.1, -0.05) is 48.8 Å². The molecule has 3 aromatic rings. The zero-order valence-corrected chi connectivity index (χ0v) is 20.8. The molecule has 0 radical (unpaired) electrons. The maximum Gasteiger partial charge on any atom is 0.319 e. The van der Waals surface area contributed by atoms with Crippen LogP contribution >= 0.6 is 23.2 Å². The molecule has 0 aliphatic rings. The van der Waals surface area contributed by atoms with Gasteiger partial charge in [0.15, 0.2) is 0 Å². The molecule has 1 heterocycles. The molecular weight excluding hydrogens is 508 g/mol. The molecule has 9 nitrogen and oxygen atoms in total. The lowest BCUT2D eigenvalue weighted by atomic mass is 10.1. The lowest BCUT2D eigenvalue weighted by Crippen LogP contribution is -2.34. The van der Waals surface area contributed by atoms with Gasteiger partial charge in [-0.3, -0.25) is 0 Å². The van der Waals surface area contributed by atoms with Crippen molar-refractivity contribution in [3.8, 4) is 0 Å². The van der Waals surface area contributed by atoms with Crippen molar-refractivity contribution in [1.82, 2.24) is 15.1 Å². The first-order chi connectivity index (χ1) is 17.3. The molecule has 0 unspecified atom stereocenters. The van der Waals surface area contributed by atoms with Gasteiger partial charge in [-0.05, 0) is 35.9 Å². The highest BCUT2D eigenvalue weighted by molar-refractivity contribution is 6.33. The Bertz CT molecular complexity index is 1290. The van der Waals surface area contributed by atoms with Crippen molar-refractivity contribution >= 4 is 52.4 Å². The fraction of sp³-hybridized carbons (Fsp3) is 0.167. The number of guanidine groups is 1. The van der Waals surface area contributed by atoms with Crippen molar-refractivity contribution in [3.63, 3.8) is 0 Å². The third-order valence-electron chi connectivity index (χ3n) is 4.79. The molecule has 2 aromatic carbocycles. The van der Waals surface area contributed by atoms with Crippen molar-refractivity contribution in [1.29, 1.82) is 0 Å². The first-order valence-corrected chi connectivity index (χ1v) is 11.6. The Kier molecular flexibility index (Phi) is 9.57. The number of aliphatic imine (C=N–C) groups is 2. The molecule has 1 aromatic heterocycles. The maximum absolute atomic E-state index is 13.4. The number of aromatic nitrogens is 2. The predicted octanol–water partition coefficient (Wildman–Crippen LogP) is 5.45. The van der Waals surface area contributed by atoms with Crippen LogP contribution in [0.3, 0.4) is 0 Å². The van der Waals surface area contributed by atoms with Gasteiger partial charge in [0.05, 0.1) is 41.4 Å². The molecule has 3 rings (SSSR count). The first-order valence-electron chi connectivity index (χ1n) is 10.8. The molecular formula is C24H24Cl2FN7O2. The Morgan fingerprint density at radius 1 is 1.28 bits per heavy atom. The summed E-state index contributed by atoms with van der Waals surface area (Å²) in [7, 11) is 0. The summed E-state index contributed by atoms with van der Waals surface area (Å²) in [5.74, 6) is 0.177. The number of nitrogens with one attached hydrogen (secondary N) is 3. The Morgan fingerprint density at radius 3 is 2.75 bits per heavy atom. The quantitative estimate of drug-likeness (QED) is 0.239. The molecule has 12 heteroatoms. The van der Waals surface area contributed by atoms with Gasteiger partial charge in [0, 0.05) is 17.6 Å². The second-order valence-corrected chi connectivity index (χ2v) is 8.17. The minimum absolute atomic E-state index is 0.158. The van der Waals surface area contributed by atoms with Crippen LogP contribution in [0.4, 0.5) is 20.6 Å². The molecule has 0 aliphatic heterocycles.